The van der Waals surface area contributed by atoms with Crippen molar-refractivity contribution in [2.24, 2.45) is 0 Å². The zero-order valence-electron chi connectivity index (χ0n) is 13.6. The molecule has 3 rings (SSSR count). The molecule has 6 heteroatoms. The van der Waals surface area contributed by atoms with E-state index in [1.54, 1.807) is 0 Å². The topological polar surface area (TPSA) is 61.6 Å². The molecule has 0 radical (unpaired) electrons. The number of amides is 1. The molecule has 2 aliphatic rings. The smallest absolute Gasteiger partial charge is 0.239 e. The third-order valence-corrected chi connectivity index (χ3v) is 4.86. The van der Waals surface area contributed by atoms with Crippen molar-refractivity contribution >= 4 is 5.91 Å². The van der Waals surface area contributed by atoms with Gasteiger partial charge < -0.3 is 14.7 Å². The minimum Gasteiger partial charge on any atom is -0.361 e. The first-order valence-electron chi connectivity index (χ1n) is 8.31. The Morgan fingerprint density at radius 3 is 2.64 bits per heavy atom. The number of piperazine rings is 1. The summed E-state index contributed by atoms with van der Waals surface area (Å²) in [6, 6.07) is 0.0443. The van der Waals surface area contributed by atoms with Gasteiger partial charge in [0.1, 0.15) is 5.76 Å². The van der Waals surface area contributed by atoms with E-state index in [9.17, 15) is 4.79 Å². The van der Waals surface area contributed by atoms with Gasteiger partial charge >= 0.3 is 0 Å². The van der Waals surface area contributed by atoms with Crippen LogP contribution >= 0.6 is 0 Å². The Morgan fingerprint density at radius 1 is 1.27 bits per heavy atom. The largest absolute Gasteiger partial charge is 0.361 e. The summed E-state index contributed by atoms with van der Waals surface area (Å²) < 4.78 is 5.23. The summed E-state index contributed by atoms with van der Waals surface area (Å²) in [7, 11) is 0. The first-order chi connectivity index (χ1) is 10.6. The molecule has 1 amide bonds. The molecular weight excluding hydrogens is 280 g/mol. The van der Waals surface area contributed by atoms with Gasteiger partial charge in [0, 0.05) is 38.3 Å². The maximum atomic E-state index is 12.5. The summed E-state index contributed by atoms with van der Waals surface area (Å²) in [6.45, 7) is 9.27. The average Bonchev–Trinajstić information content (AvgIpc) is 2.88. The maximum absolute atomic E-state index is 12.5. The fourth-order valence-electron chi connectivity index (χ4n) is 3.36. The molecule has 0 bridgehead atoms. The van der Waals surface area contributed by atoms with Crippen LogP contribution in [0.2, 0.25) is 0 Å². The second-order valence-electron chi connectivity index (χ2n) is 6.41. The van der Waals surface area contributed by atoms with E-state index < -0.39 is 0 Å². The number of hydrogen-bond acceptors (Lipinski definition) is 5. The van der Waals surface area contributed by atoms with Crippen LogP contribution in [-0.4, -0.2) is 59.6 Å². The highest BCUT2D eigenvalue weighted by molar-refractivity contribution is 5.82. The molecule has 1 atom stereocenters. The molecule has 2 aliphatic heterocycles. The van der Waals surface area contributed by atoms with E-state index in [1.807, 2.05) is 18.7 Å². The molecule has 3 heterocycles. The molecule has 1 aromatic heterocycles. The number of aryl methyl sites for hydroxylation is 2. The van der Waals surface area contributed by atoms with Crippen LogP contribution in [0, 0.1) is 13.8 Å². The number of piperidine rings is 1. The monoisotopic (exact) mass is 306 g/mol. The van der Waals surface area contributed by atoms with Gasteiger partial charge in [-0.1, -0.05) is 11.6 Å². The summed E-state index contributed by atoms with van der Waals surface area (Å²) in [4.78, 5) is 16.9. The quantitative estimate of drug-likeness (QED) is 0.905. The van der Waals surface area contributed by atoms with Gasteiger partial charge in [0.15, 0.2) is 0 Å². The Bertz CT molecular complexity index is 495. The van der Waals surface area contributed by atoms with Crippen LogP contribution in [0.5, 0.6) is 0 Å². The molecule has 0 spiro atoms. The molecule has 122 valence electrons. The zero-order chi connectivity index (χ0) is 15.5. The lowest BCUT2D eigenvalue weighted by Gasteiger charge is -2.37. The predicted molar refractivity (Wildman–Crippen MR) is 83.5 cm³/mol. The molecule has 22 heavy (non-hydrogen) atoms. The highest BCUT2D eigenvalue weighted by atomic mass is 16.5. The Kier molecular flexibility index (Phi) is 4.78. The van der Waals surface area contributed by atoms with Crippen LogP contribution in [0.25, 0.3) is 0 Å². The van der Waals surface area contributed by atoms with Gasteiger partial charge in [-0.25, -0.2) is 0 Å². The summed E-state index contributed by atoms with van der Waals surface area (Å²) in [5.74, 6) is 1.19. The summed E-state index contributed by atoms with van der Waals surface area (Å²) in [5, 5.41) is 7.36. The molecule has 2 fully saturated rings. The number of nitrogens with one attached hydrogen (secondary N) is 1. The van der Waals surface area contributed by atoms with Gasteiger partial charge in [0.05, 0.1) is 11.7 Å². The molecule has 1 aromatic rings. The fourth-order valence-corrected chi connectivity index (χ4v) is 3.36. The highest BCUT2D eigenvalue weighted by Gasteiger charge is 2.28. The van der Waals surface area contributed by atoms with Crippen LogP contribution in [0.1, 0.15) is 36.3 Å². The molecular formula is C16H26N4O2. The van der Waals surface area contributed by atoms with E-state index in [0.717, 1.165) is 63.6 Å². The molecule has 2 saturated heterocycles. The van der Waals surface area contributed by atoms with Crippen molar-refractivity contribution in [3.8, 4) is 0 Å². The van der Waals surface area contributed by atoms with Crippen molar-refractivity contribution < 1.29 is 9.32 Å². The fraction of sp³-hybridized carbons (Fsp3) is 0.750. The lowest BCUT2D eigenvalue weighted by Crippen LogP contribution is -2.54. The summed E-state index contributed by atoms with van der Waals surface area (Å²) in [6.07, 6.45) is 3.34. The van der Waals surface area contributed by atoms with Crippen LogP contribution in [0.3, 0.4) is 0 Å². The standard InChI is InChI=1S/C16H26N4O2/c1-12-14(13(2)22-18-12)11-19-7-9-20(10-8-19)16(21)15-5-3-4-6-17-15/h15,17H,3-11H2,1-2H3/t15-/m1/s1. The highest BCUT2D eigenvalue weighted by Crippen LogP contribution is 2.17. The van der Waals surface area contributed by atoms with Crippen molar-refractivity contribution in [1.82, 2.24) is 20.3 Å². The minimum absolute atomic E-state index is 0.0443. The van der Waals surface area contributed by atoms with E-state index in [-0.39, 0.29) is 11.9 Å². The number of rotatable bonds is 3. The Morgan fingerprint density at radius 2 is 2.05 bits per heavy atom. The van der Waals surface area contributed by atoms with E-state index in [2.05, 4.69) is 15.4 Å². The third-order valence-electron chi connectivity index (χ3n) is 4.86. The predicted octanol–water partition coefficient (Wildman–Crippen LogP) is 1.08. The van der Waals surface area contributed by atoms with Crippen molar-refractivity contribution in [3.05, 3.63) is 17.0 Å². The van der Waals surface area contributed by atoms with Gasteiger partial charge in [-0.15, -0.1) is 0 Å². The van der Waals surface area contributed by atoms with E-state index in [1.165, 1.54) is 12.0 Å². The molecule has 6 nitrogen and oxygen atoms in total. The molecule has 0 aliphatic carbocycles. The minimum atomic E-state index is 0.0443. The number of carbonyl (C=O) groups excluding carboxylic acids is 1. The van der Waals surface area contributed by atoms with Crippen LogP contribution in [-0.2, 0) is 11.3 Å². The normalized spacial score (nSPS) is 23.7. The zero-order valence-corrected chi connectivity index (χ0v) is 13.6. The van der Waals surface area contributed by atoms with Gasteiger partial charge in [-0.3, -0.25) is 9.69 Å². The number of carbonyl (C=O) groups is 1. The lowest BCUT2D eigenvalue weighted by atomic mass is 10.0. The molecule has 1 N–H and O–H groups in total. The van der Waals surface area contributed by atoms with Crippen LogP contribution in [0.4, 0.5) is 0 Å². The van der Waals surface area contributed by atoms with Crippen molar-refractivity contribution in [2.75, 3.05) is 32.7 Å². The Hall–Kier alpha value is -1.40. The second-order valence-corrected chi connectivity index (χ2v) is 6.41. The van der Waals surface area contributed by atoms with Gasteiger partial charge in [0.25, 0.3) is 0 Å². The van der Waals surface area contributed by atoms with Gasteiger partial charge in [-0.05, 0) is 33.2 Å². The maximum Gasteiger partial charge on any atom is 0.239 e. The Balaban J connectivity index is 1.51. The molecule has 0 unspecified atom stereocenters. The summed E-state index contributed by atoms with van der Waals surface area (Å²) in [5.41, 5.74) is 2.16. The third kappa shape index (κ3) is 3.33. The van der Waals surface area contributed by atoms with Crippen molar-refractivity contribution in [1.29, 1.82) is 0 Å². The number of aromatic nitrogens is 1. The lowest BCUT2D eigenvalue weighted by molar-refractivity contribution is -0.135. The van der Waals surface area contributed by atoms with Crippen LogP contribution < -0.4 is 5.32 Å². The summed E-state index contributed by atoms with van der Waals surface area (Å²) >= 11 is 0. The van der Waals surface area contributed by atoms with Crippen LogP contribution in [0.15, 0.2) is 4.52 Å². The SMILES string of the molecule is Cc1noc(C)c1CN1CCN(C(=O)[C@H]2CCCCN2)CC1. The molecule has 0 aromatic carbocycles. The van der Waals surface area contributed by atoms with Crippen molar-refractivity contribution in [2.45, 2.75) is 45.7 Å². The van der Waals surface area contributed by atoms with Gasteiger partial charge in [0.2, 0.25) is 5.91 Å². The van der Waals surface area contributed by atoms with E-state index in [4.69, 9.17) is 4.52 Å². The van der Waals surface area contributed by atoms with Crippen molar-refractivity contribution in [3.63, 3.8) is 0 Å². The van der Waals surface area contributed by atoms with E-state index in [0.29, 0.717) is 0 Å². The number of nitrogens with zero attached hydrogens (tertiary/aromatic N) is 3. The Labute approximate surface area is 131 Å². The van der Waals surface area contributed by atoms with Gasteiger partial charge in [-0.2, -0.15) is 0 Å². The average molecular weight is 306 g/mol. The first-order valence-corrected chi connectivity index (χ1v) is 8.31. The second kappa shape index (κ2) is 6.79. The molecule has 0 saturated carbocycles. The number of hydrogen-bond donors (Lipinski definition) is 1. The van der Waals surface area contributed by atoms with E-state index >= 15 is 0 Å². The first kappa shape index (κ1) is 15.5.